The third-order valence-corrected chi connectivity index (χ3v) is 8.99. The van der Waals surface area contributed by atoms with E-state index in [1.807, 2.05) is 49.5 Å². The number of allylic oxidation sites excluding steroid dienone is 1. The van der Waals surface area contributed by atoms with Crippen molar-refractivity contribution in [2.45, 2.75) is 52.0 Å². The van der Waals surface area contributed by atoms with E-state index in [4.69, 9.17) is 9.40 Å². The van der Waals surface area contributed by atoms with Gasteiger partial charge in [-0.05, 0) is 68.1 Å². The van der Waals surface area contributed by atoms with Crippen LogP contribution in [-0.4, -0.2) is 19.5 Å². The van der Waals surface area contributed by atoms with Crippen LogP contribution in [0.3, 0.4) is 0 Å². The van der Waals surface area contributed by atoms with Gasteiger partial charge < -0.3 is 14.0 Å². The quantitative estimate of drug-likeness (QED) is 0.168. The van der Waals surface area contributed by atoms with E-state index in [0.29, 0.717) is 11.6 Å². The van der Waals surface area contributed by atoms with Crippen molar-refractivity contribution in [2.75, 3.05) is 0 Å². The number of aromatic nitrogens is 4. The smallest absolute Gasteiger partial charge is 0.216 e. The molecule has 45 heavy (non-hydrogen) atoms. The molecule has 6 heteroatoms. The molecule has 1 radical (unpaired) electrons. The first-order valence-electron chi connectivity index (χ1n) is 15.4. The van der Waals surface area contributed by atoms with Gasteiger partial charge in [-0.3, -0.25) is 4.98 Å². The number of fused-ring (bicyclic) bond motifs is 3. The molecule has 5 heterocycles. The summed E-state index contributed by atoms with van der Waals surface area (Å²) >= 11 is 0. The fourth-order valence-corrected chi connectivity index (χ4v) is 6.76. The minimum Gasteiger partial charge on any atom is -0.486 e. The predicted molar refractivity (Wildman–Crippen MR) is 177 cm³/mol. The summed E-state index contributed by atoms with van der Waals surface area (Å²) in [6.45, 7) is 5.01. The monoisotopic (exact) mass is 765 g/mol. The Morgan fingerprint density at radius 1 is 0.889 bits per heavy atom. The standard InChI is InChI=1S/C22H19N2O.C17H13N2.Ir/c1-14-9-10-18-17-7-4-8-19(21(17)25-22(18)24-14)20-13-16(11-12-23-20)15-5-2-3-6-15;1-12-9-10-15-16-14(12)8-5-11-19(16)17(18-15)13-6-3-2-4-7-13;/h4,7,9-13,15H,2-3,5-6H2,1H3;2-6,8-10H,11H2,1H3;/q2*-1;. The number of aryl methyl sites for hydroxylation is 2. The zero-order valence-corrected chi connectivity index (χ0v) is 27.7. The second-order valence-corrected chi connectivity index (χ2v) is 11.8. The van der Waals surface area contributed by atoms with Gasteiger partial charge in [-0.25, -0.2) is 4.98 Å². The molecule has 1 aliphatic carbocycles. The van der Waals surface area contributed by atoms with E-state index in [2.05, 4.69) is 82.1 Å². The molecule has 9 rings (SSSR count). The van der Waals surface area contributed by atoms with E-state index in [0.717, 1.165) is 56.8 Å². The number of benzene rings is 3. The molecule has 1 fully saturated rings. The number of hydrogen-bond donors (Lipinski definition) is 0. The molecular formula is C39H32IrN4O-2. The summed E-state index contributed by atoms with van der Waals surface area (Å²) in [5.74, 6) is 1.67. The van der Waals surface area contributed by atoms with E-state index in [-0.39, 0.29) is 20.1 Å². The van der Waals surface area contributed by atoms with E-state index < -0.39 is 0 Å². The maximum atomic E-state index is 6.10. The second-order valence-electron chi connectivity index (χ2n) is 11.8. The van der Waals surface area contributed by atoms with Crippen molar-refractivity contribution in [2.24, 2.45) is 0 Å². The molecule has 2 aliphatic rings. The molecule has 1 aliphatic heterocycles. The Balaban J connectivity index is 0.000000146. The summed E-state index contributed by atoms with van der Waals surface area (Å²) in [4.78, 5) is 13.9. The van der Waals surface area contributed by atoms with E-state index in [1.54, 1.807) is 0 Å². The van der Waals surface area contributed by atoms with Crippen LogP contribution in [0.1, 0.15) is 54.0 Å². The molecule has 0 spiro atoms. The molecule has 0 unspecified atom stereocenters. The van der Waals surface area contributed by atoms with Gasteiger partial charge in [0.15, 0.2) is 0 Å². The minimum atomic E-state index is 0. The van der Waals surface area contributed by atoms with Crippen molar-refractivity contribution in [3.8, 4) is 22.6 Å². The Bertz CT molecular complexity index is 2190. The topological polar surface area (TPSA) is 56.7 Å². The van der Waals surface area contributed by atoms with Crippen LogP contribution in [0.15, 0.2) is 89.5 Å². The van der Waals surface area contributed by atoms with Gasteiger partial charge in [0.2, 0.25) is 5.71 Å². The Hall–Kier alpha value is -4.38. The molecule has 225 valence electrons. The molecule has 3 aromatic carbocycles. The largest absolute Gasteiger partial charge is 0.486 e. The zero-order chi connectivity index (χ0) is 29.6. The number of hydrogen-bond acceptors (Lipinski definition) is 4. The average Bonchev–Trinajstić information content (AvgIpc) is 3.82. The SMILES string of the molecule is Cc1ccc2c(n1)oc1c(-c3cc(C4CCCC4)ccn3)[c-]ccc12.Cc1ccc2nc(-c3[c-]cccc3)n3c2c1C=CC3.[Ir]. The molecule has 0 atom stereocenters. The number of nitrogens with zero attached hydrogens (tertiary/aromatic N) is 4. The number of imidazole rings is 1. The summed E-state index contributed by atoms with van der Waals surface area (Å²) < 4.78 is 8.38. The molecule has 0 N–H and O–H groups in total. The molecule has 4 aromatic heterocycles. The van der Waals surface area contributed by atoms with Crippen molar-refractivity contribution >= 4 is 39.2 Å². The van der Waals surface area contributed by atoms with Crippen molar-refractivity contribution in [1.82, 2.24) is 19.5 Å². The first-order valence-corrected chi connectivity index (χ1v) is 15.4. The molecule has 1 saturated carbocycles. The van der Waals surface area contributed by atoms with Crippen molar-refractivity contribution in [3.63, 3.8) is 0 Å². The van der Waals surface area contributed by atoms with Gasteiger partial charge in [-0.15, -0.1) is 54.1 Å². The molecule has 5 nitrogen and oxygen atoms in total. The van der Waals surface area contributed by atoms with Crippen LogP contribution in [0, 0.1) is 26.0 Å². The van der Waals surface area contributed by atoms with E-state index >= 15 is 0 Å². The van der Waals surface area contributed by atoms with Gasteiger partial charge in [0.05, 0.1) is 22.4 Å². The van der Waals surface area contributed by atoms with Crippen molar-refractivity contribution < 1.29 is 24.5 Å². The molecule has 0 saturated heterocycles. The van der Waals surface area contributed by atoms with Gasteiger partial charge in [0, 0.05) is 49.5 Å². The van der Waals surface area contributed by atoms with Crippen LogP contribution in [0.4, 0.5) is 0 Å². The van der Waals surface area contributed by atoms with E-state index in [9.17, 15) is 0 Å². The third-order valence-electron chi connectivity index (χ3n) is 8.99. The maximum Gasteiger partial charge on any atom is 0.216 e. The molecule has 0 amide bonds. The van der Waals surface area contributed by atoms with Crippen LogP contribution in [0.2, 0.25) is 0 Å². The van der Waals surface area contributed by atoms with Gasteiger partial charge >= 0.3 is 0 Å². The van der Waals surface area contributed by atoms with E-state index in [1.165, 1.54) is 47.9 Å². The molecular weight excluding hydrogens is 733 g/mol. The third kappa shape index (κ3) is 5.32. The first kappa shape index (κ1) is 29.3. The van der Waals surface area contributed by atoms with Crippen LogP contribution in [0.5, 0.6) is 0 Å². The number of rotatable bonds is 3. The minimum absolute atomic E-state index is 0. The second kappa shape index (κ2) is 12.2. The molecule has 0 bridgehead atoms. The van der Waals surface area contributed by atoms with Gasteiger partial charge in [-0.1, -0.05) is 53.6 Å². The predicted octanol–water partition coefficient (Wildman–Crippen LogP) is 9.65. The Kier molecular flexibility index (Phi) is 7.95. The molecule has 7 aromatic rings. The van der Waals surface area contributed by atoms with Crippen LogP contribution in [-0.2, 0) is 26.7 Å². The Morgan fingerprint density at radius 2 is 1.78 bits per heavy atom. The maximum absolute atomic E-state index is 6.10. The normalized spacial score (nSPS) is 14.1. The summed E-state index contributed by atoms with van der Waals surface area (Å²) in [7, 11) is 0. The fourth-order valence-electron chi connectivity index (χ4n) is 6.76. The van der Waals surface area contributed by atoms with Crippen LogP contribution in [0.25, 0.3) is 61.8 Å². The Morgan fingerprint density at radius 3 is 2.62 bits per heavy atom. The summed E-state index contributed by atoms with van der Waals surface area (Å²) in [6.07, 6.45) is 11.6. The van der Waals surface area contributed by atoms with Gasteiger partial charge in [-0.2, -0.15) is 0 Å². The Labute approximate surface area is 276 Å². The average molecular weight is 765 g/mol. The fraction of sp³-hybridized carbons (Fsp3) is 0.205. The number of pyridine rings is 2. The van der Waals surface area contributed by atoms with Crippen LogP contribution >= 0.6 is 0 Å². The number of furan rings is 1. The van der Waals surface area contributed by atoms with Gasteiger partial charge in [0.25, 0.3) is 0 Å². The van der Waals surface area contributed by atoms with Gasteiger partial charge in [0.1, 0.15) is 0 Å². The van der Waals surface area contributed by atoms with Crippen LogP contribution < -0.4 is 0 Å². The summed E-state index contributed by atoms with van der Waals surface area (Å²) in [5, 5.41) is 2.12. The first-order chi connectivity index (χ1) is 21.6. The summed E-state index contributed by atoms with van der Waals surface area (Å²) in [6, 6.07) is 31.3. The van der Waals surface area contributed by atoms with Crippen molar-refractivity contribution in [1.29, 1.82) is 0 Å². The zero-order valence-electron chi connectivity index (χ0n) is 25.3. The summed E-state index contributed by atoms with van der Waals surface area (Å²) in [5.41, 5.74) is 11.7. The van der Waals surface area contributed by atoms with Crippen molar-refractivity contribution in [3.05, 3.63) is 120 Å².